The Morgan fingerprint density at radius 2 is 1.83 bits per heavy atom. The first-order valence-electron chi connectivity index (χ1n) is 10.1. The monoisotopic (exact) mass is 389 g/mol. The molecule has 0 radical (unpaired) electrons. The summed E-state index contributed by atoms with van der Waals surface area (Å²) in [6.07, 6.45) is 5.60. The first-order chi connectivity index (χ1) is 14.2. The third kappa shape index (κ3) is 4.40. The molecule has 150 valence electrons. The first kappa shape index (κ1) is 19.4. The molecule has 0 saturated carbocycles. The Kier molecular flexibility index (Phi) is 5.76. The van der Waals surface area contributed by atoms with E-state index in [0.29, 0.717) is 12.1 Å². The molecule has 29 heavy (non-hydrogen) atoms. The lowest BCUT2D eigenvalue weighted by Gasteiger charge is -2.38. The van der Waals surface area contributed by atoms with E-state index in [0.717, 1.165) is 44.0 Å². The van der Waals surface area contributed by atoms with Gasteiger partial charge in [0.25, 0.3) is 5.91 Å². The normalized spacial score (nSPS) is 15.8. The molecule has 0 unspecified atom stereocenters. The maximum Gasteiger partial charge on any atom is 0.251 e. The number of hydrogen-bond acceptors (Lipinski definition) is 3. The van der Waals surface area contributed by atoms with Crippen molar-refractivity contribution in [2.75, 3.05) is 19.8 Å². The number of benzene rings is 2. The van der Waals surface area contributed by atoms with E-state index < -0.39 is 0 Å². The Labute approximate surface area is 171 Å². The summed E-state index contributed by atoms with van der Waals surface area (Å²) >= 11 is 0. The highest BCUT2D eigenvalue weighted by molar-refractivity contribution is 5.94. The summed E-state index contributed by atoms with van der Waals surface area (Å²) in [5.74, 6) is 0.951. The van der Waals surface area contributed by atoms with Crippen molar-refractivity contribution in [2.45, 2.75) is 31.7 Å². The van der Waals surface area contributed by atoms with Crippen molar-refractivity contribution >= 4 is 5.91 Å². The fourth-order valence-corrected chi connectivity index (χ4v) is 4.00. The average molecular weight is 389 g/mol. The third-order valence-corrected chi connectivity index (χ3v) is 5.92. The molecule has 2 heterocycles. The second-order valence-electron chi connectivity index (χ2n) is 7.74. The quantitative estimate of drug-likeness (QED) is 0.699. The molecule has 1 N–H and O–H groups in total. The average Bonchev–Trinajstić information content (AvgIpc) is 3.18. The van der Waals surface area contributed by atoms with Crippen molar-refractivity contribution in [1.82, 2.24) is 14.9 Å². The number of ether oxygens (including phenoxy) is 1. The molecule has 1 aliphatic heterocycles. The number of carbonyl (C=O) groups excluding carboxylic acids is 1. The molecule has 5 nitrogen and oxygen atoms in total. The lowest BCUT2D eigenvalue weighted by molar-refractivity contribution is 0.0487. The number of nitrogens with one attached hydrogen (secondary N) is 1. The molecule has 0 bridgehead atoms. The topological polar surface area (TPSA) is 56.2 Å². The summed E-state index contributed by atoms with van der Waals surface area (Å²) in [5.41, 5.74) is 3.04. The van der Waals surface area contributed by atoms with Crippen LogP contribution in [0.3, 0.4) is 0 Å². The second-order valence-corrected chi connectivity index (χ2v) is 7.74. The van der Waals surface area contributed by atoms with Crippen LogP contribution in [0.25, 0.3) is 0 Å². The Hall–Kier alpha value is -2.92. The molecule has 1 saturated heterocycles. The highest BCUT2D eigenvalue weighted by atomic mass is 16.5. The molecule has 1 amide bonds. The minimum absolute atomic E-state index is 0.0304. The molecule has 1 aliphatic rings. The van der Waals surface area contributed by atoms with E-state index in [9.17, 15) is 4.79 Å². The van der Waals surface area contributed by atoms with E-state index >= 15 is 0 Å². The number of imidazole rings is 1. The minimum atomic E-state index is -0.0614. The van der Waals surface area contributed by atoms with Gasteiger partial charge in [-0.05, 0) is 43.0 Å². The molecule has 0 aliphatic carbocycles. The number of carbonyl (C=O) groups is 1. The zero-order chi connectivity index (χ0) is 20.1. The smallest absolute Gasteiger partial charge is 0.251 e. The zero-order valence-electron chi connectivity index (χ0n) is 16.8. The van der Waals surface area contributed by atoms with Crippen molar-refractivity contribution in [1.29, 1.82) is 0 Å². The number of aryl methyl sites for hydroxylation is 1. The molecule has 4 rings (SSSR count). The first-order valence-corrected chi connectivity index (χ1v) is 10.1. The van der Waals surface area contributed by atoms with E-state index in [-0.39, 0.29) is 11.3 Å². The van der Waals surface area contributed by atoms with Gasteiger partial charge in [0.05, 0.1) is 0 Å². The summed E-state index contributed by atoms with van der Waals surface area (Å²) < 4.78 is 7.67. The number of amides is 1. The van der Waals surface area contributed by atoms with E-state index in [2.05, 4.69) is 39.1 Å². The molecule has 0 atom stereocenters. The van der Waals surface area contributed by atoms with Crippen molar-refractivity contribution in [3.8, 4) is 0 Å². The molecule has 3 aromatic rings. The fraction of sp³-hybridized carbons (Fsp3) is 0.333. The van der Waals surface area contributed by atoms with Gasteiger partial charge in [0.1, 0.15) is 5.82 Å². The van der Waals surface area contributed by atoms with Crippen molar-refractivity contribution in [3.63, 3.8) is 0 Å². The van der Waals surface area contributed by atoms with Crippen LogP contribution in [0.5, 0.6) is 0 Å². The molecule has 0 spiro atoms. The van der Waals surface area contributed by atoms with Gasteiger partial charge in [-0.1, -0.05) is 42.5 Å². The molecule has 1 fully saturated rings. The lowest BCUT2D eigenvalue weighted by Crippen LogP contribution is -2.44. The number of rotatable bonds is 6. The van der Waals surface area contributed by atoms with Gasteiger partial charge in [-0.15, -0.1) is 0 Å². The number of aromatic nitrogens is 2. The Bertz CT molecular complexity index is 942. The maximum absolute atomic E-state index is 12.8. The van der Waals surface area contributed by atoms with E-state index in [1.165, 1.54) is 5.56 Å². The summed E-state index contributed by atoms with van der Waals surface area (Å²) in [4.78, 5) is 17.0. The molecule has 1 aromatic heterocycles. The SMILES string of the molecule is Cc1nccn1Cc1ccc(C(=O)NCC2(c3ccccc3)CCOCC2)cc1. The van der Waals surface area contributed by atoms with Gasteiger partial charge in [0, 0.05) is 49.7 Å². The third-order valence-electron chi connectivity index (χ3n) is 5.92. The standard InChI is InChI=1S/C24H27N3O2/c1-19-25-13-14-27(19)17-20-7-9-21(10-8-20)23(28)26-18-24(11-15-29-16-12-24)22-5-3-2-4-6-22/h2-10,13-14H,11-12,15-18H2,1H3,(H,26,28). The second kappa shape index (κ2) is 8.62. The summed E-state index contributed by atoms with van der Waals surface area (Å²) in [6, 6.07) is 18.3. The number of hydrogen-bond donors (Lipinski definition) is 1. The lowest BCUT2D eigenvalue weighted by atomic mass is 9.74. The van der Waals surface area contributed by atoms with Crippen LogP contribution in [0.4, 0.5) is 0 Å². The van der Waals surface area contributed by atoms with Crippen LogP contribution in [0.15, 0.2) is 67.0 Å². The van der Waals surface area contributed by atoms with Crippen LogP contribution < -0.4 is 5.32 Å². The summed E-state index contributed by atoms with van der Waals surface area (Å²) in [7, 11) is 0. The largest absolute Gasteiger partial charge is 0.381 e. The summed E-state index contributed by atoms with van der Waals surface area (Å²) in [6.45, 7) is 4.82. The Morgan fingerprint density at radius 1 is 1.10 bits per heavy atom. The molecule has 5 heteroatoms. The van der Waals surface area contributed by atoms with Crippen LogP contribution >= 0.6 is 0 Å². The van der Waals surface area contributed by atoms with Gasteiger partial charge in [0.2, 0.25) is 0 Å². The van der Waals surface area contributed by atoms with Crippen molar-refractivity contribution < 1.29 is 9.53 Å². The van der Waals surface area contributed by atoms with Gasteiger partial charge in [0.15, 0.2) is 0 Å². The predicted octanol–water partition coefficient (Wildman–Crippen LogP) is 3.72. The molecular weight excluding hydrogens is 362 g/mol. The highest BCUT2D eigenvalue weighted by Crippen LogP contribution is 2.34. The van der Waals surface area contributed by atoms with Crippen molar-refractivity contribution in [2.24, 2.45) is 0 Å². The van der Waals surface area contributed by atoms with Gasteiger partial charge in [-0.2, -0.15) is 0 Å². The maximum atomic E-state index is 12.8. The minimum Gasteiger partial charge on any atom is -0.381 e. The predicted molar refractivity (Wildman–Crippen MR) is 113 cm³/mol. The van der Waals surface area contributed by atoms with Crippen LogP contribution in [0.1, 0.15) is 40.2 Å². The van der Waals surface area contributed by atoms with Gasteiger partial charge in [-0.25, -0.2) is 4.98 Å². The zero-order valence-corrected chi connectivity index (χ0v) is 16.8. The Balaban J connectivity index is 1.42. The molecule has 2 aromatic carbocycles. The van der Waals surface area contributed by atoms with Crippen LogP contribution in [-0.2, 0) is 16.7 Å². The highest BCUT2D eigenvalue weighted by Gasteiger charge is 2.34. The Morgan fingerprint density at radius 3 is 2.48 bits per heavy atom. The van der Waals surface area contributed by atoms with Gasteiger partial charge >= 0.3 is 0 Å². The fourth-order valence-electron chi connectivity index (χ4n) is 4.00. The van der Waals surface area contributed by atoms with E-state index in [4.69, 9.17) is 4.74 Å². The molecular formula is C24H27N3O2. The van der Waals surface area contributed by atoms with E-state index in [1.54, 1.807) is 6.20 Å². The van der Waals surface area contributed by atoms with E-state index in [1.807, 2.05) is 43.5 Å². The van der Waals surface area contributed by atoms with Gasteiger partial charge < -0.3 is 14.6 Å². The van der Waals surface area contributed by atoms with Crippen LogP contribution in [0, 0.1) is 6.92 Å². The number of nitrogens with zero attached hydrogens (tertiary/aromatic N) is 2. The summed E-state index contributed by atoms with van der Waals surface area (Å²) in [5, 5.41) is 3.17. The van der Waals surface area contributed by atoms with Gasteiger partial charge in [-0.3, -0.25) is 4.79 Å². The van der Waals surface area contributed by atoms with Crippen LogP contribution in [-0.4, -0.2) is 35.2 Å². The van der Waals surface area contributed by atoms with Crippen molar-refractivity contribution in [3.05, 3.63) is 89.5 Å². The van der Waals surface area contributed by atoms with Crippen LogP contribution in [0.2, 0.25) is 0 Å².